The first-order chi connectivity index (χ1) is 13.1. The van der Waals surface area contributed by atoms with E-state index in [1.54, 1.807) is 0 Å². The lowest BCUT2D eigenvalue weighted by Gasteiger charge is -2.08. The summed E-state index contributed by atoms with van der Waals surface area (Å²) >= 11 is 0. The molecule has 0 saturated heterocycles. The molecule has 0 fully saturated rings. The molecule has 2 aromatic rings. The first-order valence-corrected chi connectivity index (χ1v) is 9.32. The maximum absolute atomic E-state index is 12.5. The van der Waals surface area contributed by atoms with Gasteiger partial charge in [0, 0.05) is 24.9 Å². The number of nitrogens with one attached hydrogen (secondary N) is 1. The highest BCUT2D eigenvalue weighted by molar-refractivity contribution is 5.93. The standard InChI is InChI=1S/C20H24N2O5/c23-18(24)7-4-12-26-15-10-8-14(9-11-15)13-21-20(25)19-16-5-2-1-3-6-17(16)27-22-19/h8-11H,1-7,12-13H2,(H,21,25)(H,23,24). The van der Waals surface area contributed by atoms with Crippen LogP contribution in [0.5, 0.6) is 5.75 Å². The molecule has 2 N–H and O–H groups in total. The third kappa shape index (κ3) is 5.32. The van der Waals surface area contributed by atoms with Crippen LogP contribution in [0.4, 0.5) is 0 Å². The summed E-state index contributed by atoms with van der Waals surface area (Å²) in [5.41, 5.74) is 2.30. The molecule has 0 aliphatic heterocycles. The van der Waals surface area contributed by atoms with Crippen LogP contribution in [-0.2, 0) is 24.2 Å². The Bertz CT molecular complexity index is 782. The number of aliphatic carboxylic acids is 1. The number of aryl methyl sites for hydroxylation is 1. The second kappa shape index (κ2) is 9.21. The Hall–Kier alpha value is -2.83. The zero-order valence-corrected chi connectivity index (χ0v) is 15.2. The van der Waals surface area contributed by atoms with Gasteiger partial charge in [0.15, 0.2) is 5.69 Å². The summed E-state index contributed by atoms with van der Waals surface area (Å²) in [5, 5.41) is 15.5. The molecule has 27 heavy (non-hydrogen) atoms. The minimum atomic E-state index is -0.825. The van der Waals surface area contributed by atoms with Crippen LogP contribution < -0.4 is 10.1 Å². The van der Waals surface area contributed by atoms with Crippen molar-refractivity contribution in [1.29, 1.82) is 0 Å². The van der Waals surface area contributed by atoms with Gasteiger partial charge in [-0.3, -0.25) is 9.59 Å². The number of aromatic nitrogens is 1. The number of benzene rings is 1. The molecule has 0 radical (unpaired) electrons. The predicted molar refractivity (Wildman–Crippen MR) is 97.7 cm³/mol. The van der Waals surface area contributed by atoms with Gasteiger partial charge in [-0.1, -0.05) is 23.7 Å². The van der Waals surface area contributed by atoms with Crippen molar-refractivity contribution in [1.82, 2.24) is 10.5 Å². The smallest absolute Gasteiger partial charge is 0.303 e. The summed E-state index contributed by atoms with van der Waals surface area (Å²) in [6.07, 6.45) is 5.54. The van der Waals surface area contributed by atoms with Gasteiger partial charge in [-0.15, -0.1) is 0 Å². The van der Waals surface area contributed by atoms with Crippen molar-refractivity contribution < 1.29 is 24.0 Å². The maximum Gasteiger partial charge on any atom is 0.303 e. The van der Waals surface area contributed by atoms with Gasteiger partial charge in [0.05, 0.1) is 6.61 Å². The predicted octanol–water partition coefficient (Wildman–Crippen LogP) is 3.12. The number of fused-ring (bicyclic) bond motifs is 1. The average Bonchev–Trinajstić information content (AvgIpc) is 2.92. The topological polar surface area (TPSA) is 102 Å². The number of ether oxygens (including phenoxy) is 1. The van der Waals surface area contributed by atoms with E-state index in [4.69, 9.17) is 14.4 Å². The maximum atomic E-state index is 12.5. The number of carbonyl (C=O) groups excluding carboxylic acids is 1. The van der Waals surface area contributed by atoms with Crippen LogP contribution >= 0.6 is 0 Å². The second-order valence-electron chi connectivity index (χ2n) is 6.67. The number of hydrogen-bond donors (Lipinski definition) is 2. The Kier molecular flexibility index (Phi) is 6.46. The molecular weight excluding hydrogens is 348 g/mol. The molecule has 0 unspecified atom stereocenters. The highest BCUT2D eigenvalue weighted by Crippen LogP contribution is 2.23. The Balaban J connectivity index is 1.49. The molecule has 1 heterocycles. The van der Waals surface area contributed by atoms with E-state index in [0.29, 0.717) is 31.0 Å². The van der Waals surface area contributed by atoms with E-state index < -0.39 is 5.97 Å². The van der Waals surface area contributed by atoms with Gasteiger partial charge >= 0.3 is 5.97 Å². The molecule has 0 bridgehead atoms. The van der Waals surface area contributed by atoms with Gasteiger partial charge in [-0.2, -0.15) is 0 Å². The molecule has 144 valence electrons. The van der Waals surface area contributed by atoms with Gasteiger partial charge < -0.3 is 19.7 Å². The minimum absolute atomic E-state index is 0.0931. The number of carboxylic acids is 1. The van der Waals surface area contributed by atoms with Crippen LogP contribution in [0.3, 0.4) is 0 Å². The summed E-state index contributed by atoms with van der Waals surface area (Å²) in [5.74, 6) is 0.490. The van der Waals surface area contributed by atoms with Gasteiger partial charge in [0.2, 0.25) is 0 Å². The molecule has 1 aromatic heterocycles. The highest BCUT2D eigenvalue weighted by Gasteiger charge is 2.22. The average molecular weight is 372 g/mol. The number of carboxylic acid groups (broad SMARTS) is 1. The van der Waals surface area contributed by atoms with Gasteiger partial charge in [0.25, 0.3) is 5.91 Å². The summed E-state index contributed by atoms with van der Waals surface area (Å²) in [4.78, 5) is 22.9. The van der Waals surface area contributed by atoms with E-state index in [0.717, 1.165) is 49.0 Å². The number of amides is 1. The molecule has 0 spiro atoms. The Morgan fingerprint density at radius 3 is 2.70 bits per heavy atom. The molecule has 1 aliphatic rings. The Labute approximate surface area is 157 Å². The zero-order valence-electron chi connectivity index (χ0n) is 15.2. The molecule has 1 aromatic carbocycles. The van der Waals surface area contributed by atoms with E-state index in [-0.39, 0.29) is 12.3 Å². The van der Waals surface area contributed by atoms with Crippen molar-refractivity contribution in [3.63, 3.8) is 0 Å². The van der Waals surface area contributed by atoms with Crippen LogP contribution in [0, 0.1) is 0 Å². The molecule has 0 saturated carbocycles. The minimum Gasteiger partial charge on any atom is -0.494 e. The fraction of sp³-hybridized carbons (Fsp3) is 0.450. The van der Waals surface area contributed by atoms with E-state index >= 15 is 0 Å². The first kappa shape index (κ1) is 18.9. The van der Waals surface area contributed by atoms with Crippen molar-refractivity contribution in [3.8, 4) is 5.75 Å². The van der Waals surface area contributed by atoms with Crippen LogP contribution in [0.25, 0.3) is 0 Å². The van der Waals surface area contributed by atoms with Crippen molar-refractivity contribution in [2.45, 2.75) is 51.5 Å². The van der Waals surface area contributed by atoms with Crippen molar-refractivity contribution in [3.05, 3.63) is 46.8 Å². The van der Waals surface area contributed by atoms with Crippen LogP contribution in [0.15, 0.2) is 28.8 Å². The lowest BCUT2D eigenvalue weighted by molar-refractivity contribution is -0.137. The second-order valence-corrected chi connectivity index (χ2v) is 6.67. The van der Waals surface area contributed by atoms with E-state index in [2.05, 4.69) is 10.5 Å². The summed E-state index contributed by atoms with van der Waals surface area (Å²) < 4.78 is 10.9. The van der Waals surface area contributed by atoms with Crippen molar-refractivity contribution in [2.24, 2.45) is 0 Å². The third-order valence-electron chi connectivity index (χ3n) is 4.60. The summed E-state index contributed by atoms with van der Waals surface area (Å²) in [6, 6.07) is 7.36. The zero-order chi connectivity index (χ0) is 19.1. The summed E-state index contributed by atoms with van der Waals surface area (Å²) in [6.45, 7) is 0.749. The molecule has 1 amide bonds. The molecular formula is C20H24N2O5. The lowest BCUT2D eigenvalue weighted by Crippen LogP contribution is -2.24. The quantitative estimate of drug-likeness (QED) is 0.545. The number of rotatable bonds is 8. The first-order valence-electron chi connectivity index (χ1n) is 9.32. The van der Waals surface area contributed by atoms with Crippen LogP contribution in [-0.4, -0.2) is 28.7 Å². The van der Waals surface area contributed by atoms with Crippen molar-refractivity contribution in [2.75, 3.05) is 6.61 Å². The molecule has 0 atom stereocenters. The number of nitrogens with zero attached hydrogens (tertiary/aromatic N) is 1. The molecule has 1 aliphatic carbocycles. The Morgan fingerprint density at radius 1 is 1.15 bits per heavy atom. The number of hydrogen-bond acceptors (Lipinski definition) is 5. The van der Waals surface area contributed by atoms with E-state index in [1.165, 1.54) is 0 Å². The fourth-order valence-electron chi connectivity index (χ4n) is 3.12. The molecule has 7 nitrogen and oxygen atoms in total. The number of carbonyl (C=O) groups is 2. The fourth-order valence-corrected chi connectivity index (χ4v) is 3.12. The SMILES string of the molecule is O=C(O)CCCOc1ccc(CNC(=O)c2noc3c2CCCCC3)cc1. The molecule has 3 rings (SSSR count). The monoisotopic (exact) mass is 372 g/mol. The van der Waals surface area contributed by atoms with Gasteiger partial charge in [-0.05, 0) is 43.4 Å². The largest absolute Gasteiger partial charge is 0.494 e. The lowest BCUT2D eigenvalue weighted by atomic mass is 10.1. The Morgan fingerprint density at radius 2 is 1.93 bits per heavy atom. The van der Waals surface area contributed by atoms with Crippen molar-refractivity contribution >= 4 is 11.9 Å². The third-order valence-corrected chi connectivity index (χ3v) is 4.60. The normalized spacial score (nSPS) is 13.5. The van der Waals surface area contributed by atoms with E-state index in [1.807, 2.05) is 24.3 Å². The summed E-state index contributed by atoms with van der Waals surface area (Å²) in [7, 11) is 0. The van der Waals surface area contributed by atoms with E-state index in [9.17, 15) is 9.59 Å². The molecule has 7 heteroatoms. The highest BCUT2D eigenvalue weighted by atomic mass is 16.5. The van der Waals surface area contributed by atoms with Crippen LogP contribution in [0.1, 0.15) is 59.5 Å². The van der Waals surface area contributed by atoms with Gasteiger partial charge in [0.1, 0.15) is 11.5 Å². The van der Waals surface area contributed by atoms with Crippen LogP contribution in [0.2, 0.25) is 0 Å². The van der Waals surface area contributed by atoms with Gasteiger partial charge in [-0.25, -0.2) is 0 Å².